The SMILES string of the molecule is CCCCNc1nc(N)nc2cn(Cc3c(OC)ccc(CN4CCN(C(=O)C5CCC(CN6C(=O)CC(SC(C)C)C6=O)CC5)CC4)c3OC)nc12. The first kappa shape index (κ1) is 38.6. The van der Waals surface area contributed by atoms with Gasteiger partial charge >= 0.3 is 0 Å². The highest BCUT2D eigenvalue weighted by Gasteiger charge is 2.41. The van der Waals surface area contributed by atoms with Crippen LogP contribution in [0.25, 0.3) is 11.0 Å². The lowest BCUT2D eigenvalue weighted by atomic mass is 9.81. The van der Waals surface area contributed by atoms with Crippen LogP contribution >= 0.6 is 11.8 Å². The second-order valence-electron chi connectivity index (χ2n) is 14.7. The molecule has 0 bridgehead atoms. The van der Waals surface area contributed by atoms with E-state index in [1.807, 2.05) is 27.9 Å². The van der Waals surface area contributed by atoms with Crippen LogP contribution in [0.4, 0.5) is 11.8 Å². The first-order valence-corrected chi connectivity index (χ1v) is 20.0. The molecule has 2 aromatic heterocycles. The molecule has 0 spiro atoms. The van der Waals surface area contributed by atoms with E-state index in [4.69, 9.17) is 20.3 Å². The number of methoxy groups -OCH3 is 2. The summed E-state index contributed by atoms with van der Waals surface area (Å²) in [6.45, 7) is 11.5. The maximum atomic E-state index is 13.6. The van der Waals surface area contributed by atoms with Crippen molar-refractivity contribution >= 4 is 52.3 Å². The number of hydrogen-bond donors (Lipinski definition) is 2. The Bertz CT molecular complexity index is 1770. The van der Waals surface area contributed by atoms with E-state index >= 15 is 0 Å². The van der Waals surface area contributed by atoms with Crippen LogP contribution in [-0.2, 0) is 27.5 Å². The second-order valence-corrected chi connectivity index (χ2v) is 16.5. The van der Waals surface area contributed by atoms with Crippen molar-refractivity contribution in [3.05, 3.63) is 29.5 Å². The number of likely N-dealkylation sites (tertiary alicyclic amines) is 1. The first-order chi connectivity index (χ1) is 25.6. The van der Waals surface area contributed by atoms with Crippen LogP contribution in [0.1, 0.15) is 76.8 Å². The van der Waals surface area contributed by atoms with Gasteiger partial charge in [0.05, 0.1) is 37.8 Å². The highest BCUT2D eigenvalue weighted by atomic mass is 32.2. The van der Waals surface area contributed by atoms with Crippen molar-refractivity contribution in [2.45, 2.75) is 89.3 Å². The fraction of sp³-hybridized carbons (Fsp3) is 0.632. The zero-order valence-electron chi connectivity index (χ0n) is 31.8. The number of unbranched alkanes of at least 4 members (excludes halogenated alkanes) is 1. The molecule has 2 aliphatic heterocycles. The van der Waals surface area contributed by atoms with E-state index in [1.54, 1.807) is 26.0 Å². The van der Waals surface area contributed by atoms with E-state index in [0.29, 0.717) is 67.0 Å². The van der Waals surface area contributed by atoms with Crippen molar-refractivity contribution in [2.24, 2.45) is 11.8 Å². The number of rotatable bonds is 15. The predicted molar refractivity (Wildman–Crippen MR) is 207 cm³/mol. The topological polar surface area (TPSA) is 161 Å². The molecule has 15 heteroatoms. The number of hydrogen-bond acceptors (Lipinski definition) is 12. The summed E-state index contributed by atoms with van der Waals surface area (Å²) in [5.41, 5.74) is 9.25. The van der Waals surface area contributed by atoms with Gasteiger partial charge in [-0.2, -0.15) is 10.1 Å². The van der Waals surface area contributed by atoms with Crippen LogP contribution < -0.4 is 20.5 Å². The minimum absolute atomic E-state index is 0.000772. The summed E-state index contributed by atoms with van der Waals surface area (Å²) >= 11 is 1.58. The van der Waals surface area contributed by atoms with E-state index in [1.165, 1.54) is 4.90 Å². The minimum atomic E-state index is -0.252. The Morgan fingerprint density at radius 2 is 1.79 bits per heavy atom. The monoisotopic (exact) mass is 749 g/mol. The molecule has 14 nitrogen and oxygen atoms in total. The third kappa shape index (κ3) is 8.99. The van der Waals surface area contributed by atoms with Crippen molar-refractivity contribution in [1.82, 2.24) is 34.4 Å². The standard InChI is InChI=1S/C38H55N9O5S/c1-6-7-14-40-35-33-29(41-38(39)42-35)23-46(43-33)22-28-30(51-4)13-12-27(34(28)52-5)21-44-15-17-45(18-16-44)36(49)26-10-8-25(9-11-26)20-47-32(48)19-31(37(47)50)53-24(2)3/h12-13,23-26,31H,6-11,14-22H2,1-5H3,(H3,39,40,41,42). The molecule has 3 aliphatic rings. The van der Waals surface area contributed by atoms with E-state index < -0.39 is 0 Å². The normalized spacial score (nSPS) is 21.2. The number of nitrogens with one attached hydrogen (secondary N) is 1. The number of imide groups is 1. The van der Waals surface area contributed by atoms with Crippen molar-refractivity contribution in [1.29, 1.82) is 0 Å². The molecule has 1 saturated carbocycles. The van der Waals surface area contributed by atoms with Gasteiger partial charge in [-0.15, -0.1) is 11.8 Å². The molecule has 288 valence electrons. The Morgan fingerprint density at radius 1 is 1.04 bits per heavy atom. The number of aromatic nitrogens is 4. The molecular formula is C38H55N9O5S. The van der Waals surface area contributed by atoms with Crippen LogP contribution in [0.2, 0.25) is 0 Å². The van der Waals surface area contributed by atoms with Gasteiger partial charge in [-0.1, -0.05) is 33.3 Å². The van der Waals surface area contributed by atoms with Crippen molar-refractivity contribution in [3.8, 4) is 11.5 Å². The third-order valence-corrected chi connectivity index (χ3v) is 11.9. The van der Waals surface area contributed by atoms with Gasteiger partial charge in [0.25, 0.3) is 0 Å². The summed E-state index contributed by atoms with van der Waals surface area (Å²) < 4.78 is 13.6. The van der Waals surface area contributed by atoms with Gasteiger partial charge in [0.1, 0.15) is 17.0 Å². The Hall–Kier alpha value is -4.11. The van der Waals surface area contributed by atoms with Crippen LogP contribution in [0, 0.1) is 11.8 Å². The molecule has 1 unspecified atom stereocenters. The zero-order chi connectivity index (χ0) is 37.6. The van der Waals surface area contributed by atoms with Gasteiger partial charge in [0.15, 0.2) is 11.3 Å². The highest BCUT2D eigenvalue weighted by molar-refractivity contribution is 8.01. The maximum absolute atomic E-state index is 13.6. The molecule has 6 rings (SSSR count). The number of carbonyl (C=O) groups excluding carboxylic acids is 3. The van der Waals surface area contributed by atoms with Crippen LogP contribution in [0.5, 0.6) is 11.5 Å². The first-order valence-electron chi connectivity index (χ1n) is 19.1. The van der Waals surface area contributed by atoms with E-state index in [-0.39, 0.29) is 40.8 Å². The Kier molecular flexibility index (Phi) is 12.6. The fourth-order valence-corrected chi connectivity index (χ4v) is 9.00. The maximum Gasteiger partial charge on any atom is 0.242 e. The highest BCUT2D eigenvalue weighted by Crippen LogP contribution is 2.36. The van der Waals surface area contributed by atoms with Crippen molar-refractivity contribution in [3.63, 3.8) is 0 Å². The summed E-state index contributed by atoms with van der Waals surface area (Å²) in [6, 6.07) is 4.02. The number of amides is 3. The molecule has 3 amide bonds. The number of carbonyl (C=O) groups is 3. The summed E-state index contributed by atoms with van der Waals surface area (Å²) in [4.78, 5) is 53.8. The Balaban J connectivity index is 1.03. The average Bonchev–Trinajstić information content (AvgIpc) is 3.66. The van der Waals surface area contributed by atoms with E-state index in [9.17, 15) is 14.4 Å². The number of nitrogens with two attached hydrogens (primary N) is 1. The van der Waals surface area contributed by atoms with Gasteiger partial charge < -0.3 is 25.4 Å². The number of anilines is 2. The molecule has 3 fully saturated rings. The molecule has 53 heavy (non-hydrogen) atoms. The number of nitrogen functional groups attached to an aromatic ring is 1. The predicted octanol–water partition coefficient (Wildman–Crippen LogP) is 4.41. The second kappa shape index (κ2) is 17.4. The molecule has 0 radical (unpaired) electrons. The molecule has 2 saturated heterocycles. The number of benzene rings is 1. The van der Waals surface area contributed by atoms with Crippen molar-refractivity contribution < 1.29 is 23.9 Å². The molecule has 3 aromatic rings. The van der Waals surface area contributed by atoms with Gasteiger partial charge in [-0.3, -0.25) is 28.9 Å². The van der Waals surface area contributed by atoms with Crippen LogP contribution in [0.15, 0.2) is 18.3 Å². The Labute approximate surface area is 316 Å². The quantitative estimate of drug-likeness (QED) is 0.167. The average molecular weight is 750 g/mol. The lowest BCUT2D eigenvalue weighted by Crippen LogP contribution is -2.50. The number of piperazine rings is 1. The van der Waals surface area contributed by atoms with E-state index in [2.05, 4.69) is 41.0 Å². The van der Waals surface area contributed by atoms with E-state index in [0.717, 1.165) is 75.0 Å². The lowest BCUT2D eigenvalue weighted by molar-refractivity contribution is -0.141. The molecule has 1 atom stereocenters. The summed E-state index contributed by atoms with van der Waals surface area (Å²) in [7, 11) is 3.33. The van der Waals surface area contributed by atoms with Gasteiger partial charge in [0.2, 0.25) is 23.7 Å². The number of ether oxygens (including phenoxy) is 2. The number of nitrogens with zero attached hydrogens (tertiary/aromatic N) is 7. The summed E-state index contributed by atoms with van der Waals surface area (Å²) in [5, 5.41) is 8.22. The number of thioether (sulfide) groups is 1. The van der Waals surface area contributed by atoms with Gasteiger partial charge in [0, 0.05) is 63.7 Å². The Morgan fingerprint density at radius 3 is 2.47 bits per heavy atom. The van der Waals surface area contributed by atoms with Crippen LogP contribution in [0.3, 0.4) is 0 Å². The van der Waals surface area contributed by atoms with Gasteiger partial charge in [-0.25, -0.2) is 4.98 Å². The van der Waals surface area contributed by atoms with Crippen molar-refractivity contribution in [2.75, 3.05) is 64.5 Å². The molecule has 1 aliphatic carbocycles. The lowest BCUT2D eigenvalue weighted by Gasteiger charge is -2.38. The molecular weight excluding hydrogens is 695 g/mol. The minimum Gasteiger partial charge on any atom is -0.496 e. The number of fused-ring (bicyclic) bond motifs is 1. The van der Waals surface area contributed by atoms with Gasteiger partial charge in [-0.05, 0) is 49.3 Å². The smallest absolute Gasteiger partial charge is 0.242 e. The zero-order valence-corrected chi connectivity index (χ0v) is 32.6. The third-order valence-electron chi connectivity index (χ3n) is 10.6. The van der Waals surface area contributed by atoms with Crippen LogP contribution in [-0.4, -0.2) is 116 Å². The molecule has 3 N–H and O–H groups in total. The summed E-state index contributed by atoms with van der Waals surface area (Å²) in [5.74, 6) is 2.68. The fourth-order valence-electron chi connectivity index (χ4n) is 7.86. The largest absolute Gasteiger partial charge is 0.496 e. The summed E-state index contributed by atoms with van der Waals surface area (Å²) in [6.07, 6.45) is 7.57. The molecule has 4 heterocycles. The molecule has 1 aromatic carbocycles.